The fourth-order valence-corrected chi connectivity index (χ4v) is 9.21. The van der Waals surface area contributed by atoms with Crippen molar-refractivity contribution in [3.63, 3.8) is 0 Å². The zero-order valence-corrected chi connectivity index (χ0v) is 17.9. The van der Waals surface area contributed by atoms with Crippen LogP contribution in [0.3, 0.4) is 0 Å². The van der Waals surface area contributed by atoms with E-state index >= 15 is 0 Å². The van der Waals surface area contributed by atoms with Crippen LogP contribution in [0.25, 0.3) is 0 Å². The van der Waals surface area contributed by atoms with E-state index in [-0.39, 0.29) is 22.4 Å². The number of fused-ring (bicyclic) bond motifs is 4. The normalized spacial score (nSPS) is 33.5. The summed E-state index contributed by atoms with van der Waals surface area (Å²) < 4.78 is 28.5. The van der Waals surface area contributed by atoms with Gasteiger partial charge in [-0.3, -0.25) is 4.79 Å². The van der Waals surface area contributed by atoms with E-state index in [9.17, 15) is 13.2 Å². The number of sulfonamides is 1. The lowest BCUT2D eigenvalue weighted by Crippen LogP contribution is -2.50. The highest BCUT2D eigenvalue weighted by Gasteiger charge is 2.65. The van der Waals surface area contributed by atoms with E-state index in [0.717, 1.165) is 38.5 Å². The molecule has 1 aromatic carbocycles. The number of carbonyl (C=O) groups is 1. The van der Waals surface area contributed by atoms with Gasteiger partial charge in [0.05, 0.1) is 5.75 Å². The summed E-state index contributed by atoms with van der Waals surface area (Å²) in [6.45, 7) is 5.41. The fraction of sp³-hybridized carbons (Fsp3) is 0.696. The number of Topliss-reactive ketones (excluding diaryl/α,β-unsaturated/α-hetero) is 1. The van der Waals surface area contributed by atoms with Crippen LogP contribution in [0.4, 0.5) is 0 Å². The Morgan fingerprint density at radius 3 is 2.43 bits per heavy atom. The molecule has 0 unspecified atom stereocenters. The third-order valence-corrected chi connectivity index (χ3v) is 11.1. The number of ketones is 1. The summed E-state index contributed by atoms with van der Waals surface area (Å²) in [7, 11) is -3.43. The molecule has 1 heterocycles. The number of rotatable bonds is 3. The molecular formula is C23H31NO3S. The summed E-state index contributed by atoms with van der Waals surface area (Å²) in [6.07, 6.45) is 6.35. The number of piperidine rings is 1. The van der Waals surface area contributed by atoms with Crippen molar-refractivity contribution < 1.29 is 13.2 Å². The maximum absolute atomic E-state index is 13.4. The van der Waals surface area contributed by atoms with Gasteiger partial charge in [-0.25, -0.2) is 12.7 Å². The van der Waals surface area contributed by atoms with Gasteiger partial charge in [0.2, 0.25) is 10.0 Å². The van der Waals surface area contributed by atoms with Crippen LogP contribution in [0.2, 0.25) is 0 Å². The van der Waals surface area contributed by atoms with Gasteiger partial charge in [0.1, 0.15) is 5.78 Å². The minimum Gasteiger partial charge on any atom is -0.299 e. The topological polar surface area (TPSA) is 54.5 Å². The second-order valence-corrected chi connectivity index (χ2v) is 12.2. The molecule has 1 saturated heterocycles. The third-order valence-electron chi connectivity index (χ3n) is 9.10. The van der Waals surface area contributed by atoms with Crippen LogP contribution >= 0.6 is 0 Å². The Labute approximate surface area is 168 Å². The molecule has 152 valence electrons. The van der Waals surface area contributed by atoms with E-state index < -0.39 is 15.4 Å². The third kappa shape index (κ3) is 2.38. The maximum Gasteiger partial charge on any atom is 0.215 e. The molecule has 3 aliphatic carbocycles. The minimum absolute atomic E-state index is 0.0198. The molecule has 2 bridgehead atoms. The van der Waals surface area contributed by atoms with E-state index in [2.05, 4.69) is 38.1 Å². The van der Waals surface area contributed by atoms with Crippen LogP contribution in [-0.4, -0.2) is 37.3 Å². The van der Waals surface area contributed by atoms with Gasteiger partial charge in [0.15, 0.2) is 0 Å². The standard InChI is InChI=1S/C23H31NO3S/c1-21(2)18-8-10-23(21,20(25)15-18)16-28(26,27)24-13-11-22(12-14-24)9-7-17-5-3-4-6-19(17)22/h3-6,18H,7-16H2,1-2H3/t18-,23-/m1/s1. The first-order chi connectivity index (χ1) is 13.2. The SMILES string of the molecule is CC1(C)[C@@H]2CC[C@@]1(CS(=O)(=O)N1CCC3(CCc4ccccc43)CC1)C(=O)C2. The van der Waals surface area contributed by atoms with Gasteiger partial charge < -0.3 is 0 Å². The predicted octanol–water partition coefficient (Wildman–Crippen LogP) is 3.69. The highest BCUT2D eigenvalue weighted by Crippen LogP contribution is 2.64. The number of benzene rings is 1. The van der Waals surface area contributed by atoms with Crippen molar-refractivity contribution >= 4 is 15.8 Å². The van der Waals surface area contributed by atoms with E-state index in [1.165, 1.54) is 11.1 Å². The lowest BCUT2D eigenvalue weighted by Gasteiger charge is -2.42. The molecule has 2 saturated carbocycles. The van der Waals surface area contributed by atoms with Gasteiger partial charge in [0, 0.05) is 24.9 Å². The van der Waals surface area contributed by atoms with Gasteiger partial charge >= 0.3 is 0 Å². The molecule has 3 fully saturated rings. The first-order valence-corrected chi connectivity index (χ1v) is 12.4. The largest absolute Gasteiger partial charge is 0.299 e. The molecular weight excluding hydrogens is 370 g/mol. The second-order valence-electron chi connectivity index (χ2n) is 10.3. The summed E-state index contributed by atoms with van der Waals surface area (Å²) >= 11 is 0. The van der Waals surface area contributed by atoms with Crippen LogP contribution in [0, 0.1) is 16.7 Å². The molecule has 1 aromatic rings. The van der Waals surface area contributed by atoms with E-state index in [4.69, 9.17) is 0 Å². The number of aryl methyl sites for hydroxylation is 1. The first kappa shape index (κ1) is 18.8. The van der Waals surface area contributed by atoms with Gasteiger partial charge in [-0.05, 0) is 66.4 Å². The van der Waals surface area contributed by atoms with E-state index in [1.807, 2.05) is 0 Å². The van der Waals surface area contributed by atoms with Crippen LogP contribution in [-0.2, 0) is 26.7 Å². The Bertz CT molecular complexity index is 927. The lowest BCUT2D eigenvalue weighted by molar-refractivity contribution is -0.128. The second kappa shape index (κ2) is 5.91. The highest BCUT2D eigenvalue weighted by atomic mass is 32.2. The quantitative estimate of drug-likeness (QED) is 0.776. The molecule has 1 spiro atoms. The molecule has 2 atom stereocenters. The Morgan fingerprint density at radius 1 is 1.07 bits per heavy atom. The monoisotopic (exact) mass is 401 g/mol. The summed E-state index contributed by atoms with van der Waals surface area (Å²) in [5, 5.41) is 0. The average molecular weight is 402 g/mol. The van der Waals surface area contributed by atoms with Crippen molar-refractivity contribution in [3.05, 3.63) is 35.4 Å². The van der Waals surface area contributed by atoms with E-state index in [1.54, 1.807) is 4.31 Å². The number of hydrogen-bond acceptors (Lipinski definition) is 3. The van der Waals surface area contributed by atoms with Crippen molar-refractivity contribution in [1.82, 2.24) is 4.31 Å². The molecule has 4 nitrogen and oxygen atoms in total. The zero-order chi connectivity index (χ0) is 19.8. The van der Waals surface area contributed by atoms with Crippen molar-refractivity contribution in [2.45, 2.75) is 64.2 Å². The molecule has 28 heavy (non-hydrogen) atoms. The Hall–Kier alpha value is -1.20. The molecule has 0 radical (unpaired) electrons. The molecule has 0 aromatic heterocycles. The summed E-state index contributed by atoms with van der Waals surface area (Å²) in [4.78, 5) is 12.8. The van der Waals surface area contributed by atoms with Crippen molar-refractivity contribution in [1.29, 1.82) is 0 Å². The van der Waals surface area contributed by atoms with Gasteiger partial charge in [-0.2, -0.15) is 0 Å². The van der Waals surface area contributed by atoms with E-state index in [0.29, 0.717) is 25.4 Å². The van der Waals surface area contributed by atoms with Crippen LogP contribution in [0.15, 0.2) is 24.3 Å². The summed E-state index contributed by atoms with van der Waals surface area (Å²) in [5.41, 5.74) is 2.18. The number of nitrogens with zero attached hydrogens (tertiary/aromatic N) is 1. The predicted molar refractivity (Wildman–Crippen MR) is 110 cm³/mol. The number of carbonyl (C=O) groups excluding carboxylic acids is 1. The van der Waals surface area contributed by atoms with Crippen molar-refractivity contribution in [2.75, 3.05) is 18.8 Å². The van der Waals surface area contributed by atoms with Gasteiger partial charge in [0.25, 0.3) is 0 Å². The minimum atomic E-state index is -3.43. The Kier molecular flexibility index (Phi) is 3.97. The highest BCUT2D eigenvalue weighted by molar-refractivity contribution is 7.89. The van der Waals surface area contributed by atoms with Crippen molar-refractivity contribution in [2.24, 2.45) is 16.7 Å². The zero-order valence-electron chi connectivity index (χ0n) is 17.0. The summed E-state index contributed by atoms with van der Waals surface area (Å²) in [6, 6.07) is 8.67. The Morgan fingerprint density at radius 2 is 1.79 bits per heavy atom. The molecule has 0 N–H and O–H groups in total. The van der Waals surface area contributed by atoms with Crippen LogP contribution in [0.1, 0.15) is 63.5 Å². The average Bonchev–Trinajstić information content (AvgIpc) is 3.19. The van der Waals surface area contributed by atoms with Gasteiger partial charge in [-0.1, -0.05) is 38.1 Å². The maximum atomic E-state index is 13.4. The molecule has 0 amide bonds. The first-order valence-electron chi connectivity index (χ1n) is 10.8. The lowest BCUT2D eigenvalue weighted by atomic mass is 9.70. The smallest absolute Gasteiger partial charge is 0.215 e. The molecule has 4 aliphatic rings. The number of hydrogen-bond donors (Lipinski definition) is 0. The molecule has 5 heteroatoms. The van der Waals surface area contributed by atoms with Gasteiger partial charge in [-0.15, -0.1) is 0 Å². The summed E-state index contributed by atoms with van der Waals surface area (Å²) in [5.74, 6) is 0.566. The van der Waals surface area contributed by atoms with Crippen molar-refractivity contribution in [3.8, 4) is 0 Å². The van der Waals surface area contributed by atoms with Crippen LogP contribution in [0.5, 0.6) is 0 Å². The molecule has 5 rings (SSSR count). The Balaban J connectivity index is 1.35. The molecule has 1 aliphatic heterocycles. The van der Waals surface area contributed by atoms with Crippen LogP contribution < -0.4 is 0 Å². The fourth-order valence-electron chi connectivity index (χ4n) is 6.99.